The molecule has 0 unspecified atom stereocenters. The van der Waals surface area contributed by atoms with Gasteiger partial charge in [0.2, 0.25) is 5.95 Å². The molecule has 0 saturated carbocycles. The first-order valence-corrected chi connectivity index (χ1v) is 11.8. The van der Waals surface area contributed by atoms with Crippen LogP contribution in [0, 0.1) is 6.92 Å². The van der Waals surface area contributed by atoms with Crippen molar-refractivity contribution in [1.82, 2.24) is 15.0 Å². The van der Waals surface area contributed by atoms with E-state index < -0.39 is 10.0 Å². The third-order valence-corrected chi connectivity index (χ3v) is 7.97. The number of aromatic nitrogens is 3. The smallest absolute Gasteiger partial charge is 0.265 e. The van der Waals surface area contributed by atoms with E-state index in [1.807, 2.05) is 18.4 Å². The second-order valence-corrected chi connectivity index (χ2v) is 9.89. The van der Waals surface area contributed by atoms with Crippen molar-refractivity contribution in [2.24, 2.45) is 0 Å². The quantitative estimate of drug-likeness (QED) is 0.471. The third kappa shape index (κ3) is 4.00. The van der Waals surface area contributed by atoms with E-state index in [9.17, 15) is 8.42 Å². The molecule has 0 radical (unpaired) electrons. The molecule has 0 saturated heterocycles. The van der Waals surface area contributed by atoms with Crippen LogP contribution in [0.3, 0.4) is 0 Å². The maximum atomic E-state index is 12.8. The molecule has 0 fully saturated rings. The number of anilines is 3. The van der Waals surface area contributed by atoms with Gasteiger partial charge in [-0.3, -0.25) is 0 Å². The van der Waals surface area contributed by atoms with E-state index in [1.165, 1.54) is 28.3 Å². The second kappa shape index (κ2) is 7.90. The molecule has 10 heteroatoms. The first kappa shape index (κ1) is 19.5. The van der Waals surface area contributed by atoms with Gasteiger partial charge in [-0.2, -0.15) is 0 Å². The monoisotopic (exact) mass is 443 g/mol. The summed E-state index contributed by atoms with van der Waals surface area (Å²) in [5.74, 6) is 0.450. The second-order valence-electron chi connectivity index (χ2n) is 6.13. The SMILES string of the molecule is Cc1ccsc1-c1ccnc(Nc2ccc(S(=O)(=O)N(C)c3nccs3)cc2)n1. The molecular formula is C19H17N5O2S3. The Kier molecular flexibility index (Phi) is 5.31. The lowest BCUT2D eigenvalue weighted by Crippen LogP contribution is -2.26. The predicted molar refractivity (Wildman–Crippen MR) is 118 cm³/mol. The number of thiophene rings is 1. The van der Waals surface area contributed by atoms with Gasteiger partial charge in [-0.25, -0.2) is 27.7 Å². The number of sulfonamides is 1. The molecule has 3 aromatic heterocycles. The normalized spacial score (nSPS) is 11.4. The van der Waals surface area contributed by atoms with Gasteiger partial charge >= 0.3 is 0 Å². The average Bonchev–Trinajstić information content (AvgIpc) is 3.40. The fourth-order valence-corrected chi connectivity index (χ4v) is 5.53. The zero-order valence-electron chi connectivity index (χ0n) is 15.6. The molecule has 0 amide bonds. The molecule has 148 valence electrons. The van der Waals surface area contributed by atoms with Crippen LogP contribution in [0.15, 0.2) is 64.4 Å². The third-order valence-electron chi connectivity index (χ3n) is 4.21. The molecule has 7 nitrogen and oxygen atoms in total. The number of rotatable bonds is 6. The Morgan fingerprint density at radius 3 is 2.41 bits per heavy atom. The molecule has 4 rings (SSSR count). The minimum Gasteiger partial charge on any atom is -0.324 e. The molecule has 4 aromatic rings. The molecule has 0 aliphatic rings. The number of benzene rings is 1. The van der Waals surface area contributed by atoms with E-state index in [-0.39, 0.29) is 4.90 Å². The van der Waals surface area contributed by atoms with Crippen molar-refractivity contribution in [2.75, 3.05) is 16.7 Å². The summed E-state index contributed by atoms with van der Waals surface area (Å²) in [5, 5.41) is 7.31. The van der Waals surface area contributed by atoms with Gasteiger partial charge in [0.25, 0.3) is 10.0 Å². The van der Waals surface area contributed by atoms with Gasteiger partial charge in [-0.1, -0.05) is 0 Å². The van der Waals surface area contributed by atoms with Crippen LogP contribution < -0.4 is 9.62 Å². The maximum absolute atomic E-state index is 12.8. The summed E-state index contributed by atoms with van der Waals surface area (Å²) in [5.41, 5.74) is 2.71. The first-order valence-electron chi connectivity index (χ1n) is 8.58. The van der Waals surface area contributed by atoms with E-state index in [4.69, 9.17) is 0 Å². The summed E-state index contributed by atoms with van der Waals surface area (Å²) in [7, 11) is -2.18. The van der Waals surface area contributed by atoms with Gasteiger partial charge in [0.05, 0.1) is 15.5 Å². The minimum atomic E-state index is -3.67. The average molecular weight is 444 g/mol. The number of thiazole rings is 1. The maximum Gasteiger partial charge on any atom is 0.265 e. The van der Waals surface area contributed by atoms with E-state index in [2.05, 4.69) is 26.3 Å². The Hall–Kier alpha value is -2.82. The van der Waals surface area contributed by atoms with Crippen LogP contribution >= 0.6 is 22.7 Å². The number of nitrogens with one attached hydrogen (secondary N) is 1. The molecular weight excluding hydrogens is 426 g/mol. The molecule has 29 heavy (non-hydrogen) atoms. The van der Waals surface area contributed by atoms with Crippen LogP contribution in [-0.2, 0) is 10.0 Å². The van der Waals surface area contributed by atoms with Gasteiger partial charge in [-0.15, -0.1) is 22.7 Å². The van der Waals surface area contributed by atoms with Crippen molar-refractivity contribution in [3.8, 4) is 10.6 Å². The van der Waals surface area contributed by atoms with E-state index in [1.54, 1.807) is 53.4 Å². The van der Waals surface area contributed by atoms with E-state index >= 15 is 0 Å². The number of aryl methyl sites for hydroxylation is 1. The highest BCUT2D eigenvalue weighted by Crippen LogP contribution is 2.28. The van der Waals surface area contributed by atoms with Crippen molar-refractivity contribution in [3.05, 3.63) is 65.1 Å². The zero-order chi connectivity index (χ0) is 20.4. The van der Waals surface area contributed by atoms with Gasteiger partial charge in [0, 0.05) is 30.5 Å². The summed E-state index contributed by atoms with van der Waals surface area (Å²) in [4.78, 5) is 14.2. The van der Waals surface area contributed by atoms with Gasteiger partial charge in [0.15, 0.2) is 5.13 Å². The Bertz CT molecular complexity index is 1220. The van der Waals surface area contributed by atoms with Crippen LogP contribution in [0.4, 0.5) is 16.8 Å². The fourth-order valence-electron chi connectivity index (χ4n) is 2.65. The van der Waals surface area contributed by atoms with Crippen LogP contribution in [0.25, 0.3) is 10.6 Å². The molecule has 3 heterocycles. The highest BCUT2D eigenvalue weighted by molar-refractivity contribution is 7.93. The lowest BCUT2D eigenvalue weighted by atomic mass is 10.2. The molecule has 0 bridgehead atoms. The molecule has 0 spiro atoms. The molecule has 0 atom stereocenters. The predicted octanol–water partition coefficient (Wildman–Crippen LogP) is 4.54. The molecule has 1 N–H and O–H groups in total. The van der Waals surface area contributed by atoms with Gasteiger partial charge in [-0.05, 0) is 54.3 Å². The Labute approximate surface area is 176 Å². The topological polar surface area (TPSA) is 88.1 Å². The summed E-state index contributed by atoms with van der Waals surface area (Å²) in [6.07, 6.45) is 3.27. The van der Waals surface area contributed by atoms with Crippen LogP contribution in [-0.4, -0.2) is 30.4 Å². The van der Waals surface area contributed by atoms with Crippen molar-refractivity contribution >= 4 is 49.5 Å². The zero-order valence-corrected chi connectivity index (χ0v) is 18.1. The van der Waals surface area contributed by atoms with Crippen LogP contribution in [0.2, 0.25) is 0 Å². The number of hydrogen-bond donors (Lipinski definition) is 1. The summed E-state index contributed by atoms with van der Waals surface area (Å²) >= 11 is 2.90. The standard InChI is InChI=1S/C19H17N5O2S3/c1-13-8-11-27-17(13)16-7-9-20-18(23-16)22-14-3-5-15(6-4-14)29(25,26)24(2)19-21-10-12-28-19/h3-12H,1-2H3,(H,20,22,23). The number of hydrogen-bond acceptors (Lipinski definition) is 8. The highest BCUT2D eigenvalue weighted by atomic mass is 32.2. The Morgan fingerprint density at radius 1 is 0.966 bits per heavy atom. The molecule has 1 aromatic carbocycles. The van der Waals surface area contributed by atoms with Crippen molar-refractivity contribution in [2.45, 2.75) is 11.8 Å². The van der Waals surface area contributed by atoms with Crippen molar-refractivity contribution < 1.29 is 8.42 Å². The van der Waals surface area contributed by atoms with Gasteiger partial charge < -0.3 is 5.32 Å². The Morgan fingerprint density at radius 2 is 1.76 bits per heavy atom. The van der Waals surface area contributed by atoms with E-state index in [0.717, 1.165) is 10.6 Å². The highest BCUT2D eigenvalue weighted by Gasteiger charge is 2.22. The van der Waals surface area contributed by atoms with Crippen LogP contribution in [0.5, 0.6) is 0 Å². The molecule has 0 aliphatic heterocycles. The van der Waals surface area contributed by atoms with E-state index in [0.29, 0.717) is 16.8 Å². The minimum absolute atomic E-state index is 0.185. The first-order chi connectivity index (χ1) is 13.9. The Balaban J connectivity index is 1.54. The fraction of sp³-hybridized carbons (Fsp3) is 0.105. The summed E-state index contributed by atoms with van der Waals surface area (Å²) < 4.78 is 26.7. The lowest BCUT2D eigenvalue weighted by molar-refractivity contribution is 0.594. The summed E-state index contributed by atoms with van der Waals surface area (Å²) in [6.45, 7) is 2.04. The largest absolute Gasteiger partial charge is 0.324 e. The molecule has 0 aliphatic carbocycles. The van der Waals surface area contributed by atoms with Gasteiger partial charge in [0.1, 0.15) is 0 Å². The van der Waals surface area contributed by atoms with Crippen molar-refractivity contribution in [1.29, 1.82) is 0 Å². The number of nitrogens with zero attached hydrogens (tertiary/aromatic N) is 4. The lowest BCUT2D eigenvalue weighted by Gasteiger charge is -2.16. The van der Waals surface area contributed by atoms with Crippen molar-refractivity contribution in [3.63, 3.8) is 0 Å². The summed E-state index contributed by atoms with van der Waals surface area (Å²) in [6, 6.07) is 10.4. The van der Waals surface area contributed by atoms with Crippen LogP contribution in [0.1, 0.15) is 5.56 Å².